The highest BCUT2D eigenvalue weighted by molar-refractivity contribution is 5.89. The van der Waals surface area contributed by atoms with E-state index in [1.165, 1.54) is 12.1 Å². The minimum absolute atomic E-state index is 0.0636. The fourth-order valence-corrected chi connectivity index (χ4v) is 1.84. The molecule has 2 rings (SSSR count). The smallest absolute Gasteiger partial charge is 0.335 e. The van der Waals surface area contributed by atoms with E-state index in [4.69, 9.17) is 9.84 Å². The molecule has 0 radical (unpaired) electrons. The van der Waals surface area contributed by atoms with Crippen LogP contribution >= 0.6 is 0 Å². The number of hydrogen-bond donors (Lipinski definition) is 1. The molecule has 0 aliphatic heterocycles. The Morgan fingerprint density at radius 2 is 1.85 bits per heavy atom. The second-order valence-electron chi connectivity index (χ2n) is 4.41. The lowest BCUT2D eigenvalue weighted by Gasteiger charge is -2.07. The number of hydrogen-bond acceptors (Lipinski definition) is 2. The van der Waals surface area contributed by atoms with Gasteiger partial charge in [0.25, 0.3) is 0 Å². The summed E-state index contributed by atoms with van der Waals surface area (Å²) in [4.78, 5) is 10.9. The van der Waals surface area contributed by atoms with E-state index >= 15 is 0 Å². The topological polar surface area (TPSA) is 46.5 Å². The van der Waals surface area contributed by atoms with Gasteiger partial charge in [-0.1, -0.05) is 19.1 Å². The molecule has 0 amide bonds. The average Bonchev–Trinajstić information content (AvgIpc) is 2.45. The van der Waals surface area contributed by atoms with E-state index in [1.54, 1.807) is 24.3 Å². The first-order valence-electron chi connectivity index (χ1n) is 6.37. The Morgan fingerprint density at radius 3 is 2.45 bits per heavy atom. The first-order chi connectivity index (χ1) is 9.60. The molecule has 0 spiro atoms. The largest absolute Gasteiger partial charge is 0.494 e. The fourth-order valence-electron chi connectivity index (χ4n) is 1.84. The van der Waals surface area contributed by atoms with Gasteiger partial charge in [-0.3, -0.25) is 0 Å². The highest BCUT2D eigenvalue weighted by atomic mass is 19.1. The van der Waals surface area contributed by atoms with Gasteiger partial charge in [-0.2, -0.15) is 0 Å². The van der Waals surface area contributed by atoms with Gasteiger partial charge in [0.1, 0.15) is 11.6 Å². The number of rotatable bonds is 5. The Morgan fingerprint density at radius 1 is 1.15 bits per heavy atom. The second-order valence-corrected chi connectivity index (χ2v) is 4.41. The quantitative estimate of drug-likeness (QED) is 0.897. The molecular formula is C16H15FO3. The molecule has 0 aliphatic carbocycles. The molecule has 1 N–H and O–H groups in total. The summed E-state index contributed by atoms with van der Waals surface area (Å²) in [7, 11) is 0. The van der Waals surface area contributed by atoms with Crippen molar-refractivity contribution < 1.29 is 19.0 Å². The van der Waals surface area contributed by atoms with Crippen molar-refractivity contribution in [3.05, 3.63) is 53.8 Å². The molecule has 0 aliphatic rings. The van der Waals surface area contributed by atoms with Gasteiger partial charge in [0.15, 0.2) is 0 Å². The van der Waals surface area contributed by atoms with E-state index in [1.807, 2.05) is 6.92 Å². The van der Waals surface area contributed by atoms with Gasteiger partial charge < -0.3 is 9.84 Å². The van der Waals surface area contributed by atoms with Gasteiger partial charge in [-0.05, 0) is 47.9 Å². The highest BCUT2D eigenvalue weighted by Gasteiger charge is 2.08. The number of benzene rings is 2. The number of ether oxygens (including phenoxy) is 1. The number of carboxylic acids is 1. The molecule has 0 atom stereocenters. The van der Waals surface area contributed by atoms with Crippen molar-refractivity contribution in [2.75, 3.05) is 6.61 Å². The molecule has 2 aromatic carbocycles. The molecule has 0 heterocycles. The van der Waals surface area contributed by atoms with Gasteiger partial charge >= 0.3 is 5.97 Å². The normalized spacial score (nSPS) is 10.3. The van der Waals surface area contributed by atoms with Crippen LogP contribution in [-0.4, -0.2) is 17.7 Å². The van der Waals surface area contributed by atoms with Crippen LogP contribution in [0, 0.1) is 5.82 Å². The zero-order valence-electron chi connectivity index (χ0n) is 11.1. The maximum atomic E-state index is 13.4. The van der Waals surface area contributed by atoms with Gasteiger partial charge in [-0.15, -0.1) is 0 Å². The third-order valence-corrected chi connectivity index (χ3v) is 2.81. The number of carboxylic acid groups (broad SMARTS) is 1. The summed E-state index contributed by atoms with van der Waals surface area (Å²) in [6.07, 6.45) is 0.924. The lowest BCUT2D eigenvalue weighted by molar-refractivity contribution is 0.0696. The molecule has 20 heavy (non-hydrogen) atoms. The molecule has 0 saturated heterocycles. The molecule has 0 bridgehead atoms. The van der Waals surface area contributed by atoms with E-state index < -0.39 is 11.8 Å². The van der Waals surface area contributed by atoms with Crippen LogP contribution in [0.15, 0.2) is 42.5 Å². The summed E-state index contributed by atoms with van der Waals surface area (Å²) in [6.45, 7) is 2.66. The zero-order valence-corrected chi connectivity index (χ0v) is 11.1. The van der Waals surface area contributed by atoms with Crippen molar-refractivity contribution in [2.45, 2.75) is 13.3 Å². The SMILES string of the molecule is CCCOc1ccc(-c2cc(F)cc(C(=O)O)c2)cc1. The fraction of sp³-hybridized carbons (Fsp3) is 0.188. The monoisotopic (exact) mass is 274 g/mol. The molecule has 0 fully saturated rings. The van der Waals surface area contributed by atoms with Gasteiger partial charge in [0.2, 0.25) is 0 Å². The maximum absolute atomic E-state index is 13.4. The standard InChI is InChI=1S/C16H15FO3/c1-2-7-20-15-5-3-11(4-6-15)12-8-13(16(18)19)10-14(17)9-12/h3-6,8-10H,2,7H2,1H3,(H,18,19). The van der Waals surface area contributed by atoms with Crippen LogP contribution in [0.4, 0.5) is 4.39 Å². The van der Waals surface area contributed by atoms with Gasteiger partial charge in [0, 0.05) is 0 Å². The van der Waals surface area contributed by atoms with Crippen molar-refractivity contribution in [1.82, 2.24) is 0 Å². The molecule has 3 nitrogen and oxygen atoms in total. The molecule has 2 aromatic rings. The molecule has 0 aromatic heterocycles. The van der Waals surface area contributed by atoms with Crippen molar-refractivity contribution in [3.63, 3.8) is 0 Å². The Hall–Kier alpha value is -2.36. The second kappa shape index (κ2) is 6.19. The predicted molar refractivity (Wildman–Crippen MR) is 74.6 cm³/mol. The van der Waals surface area contributed by atoms with Crippen LogP contribution < -0.4 is 4.74 Å². The maximum Gasteiger partial charge on any atom is 0.335 e. The van der Waals surface area contributed by atoms with Crippen molar-refractivity contribution in [2.24, 2.45) is 0 Å². The van der Waals surface area contributed by atoms with Gasteiger partial charge in [0.05, 0.1) is 12.2 Å². The third kappa shape index (κ3) is 3.35. The number of carbonyl (C=O) groups is 1. The molecule has 104 valence electrons. The Balaban J connectivity index is 2.29. The van der Waals surface area contributed by atoms with E-state index in [2.05, 4.69) is 0 Å². The minimum atomic E-state index is -1.14. The Labute approximate surface area is 116 Å². The summed E-state index contributed by atoms with van der Waals surface area (Å²) in [6, 6.07) is 10.9. The summed E-state index contributed by atoms with van der Waals surface area (Å²) < 4.78 is 18.9. The molecular weight excluding hydrogens is 259 g/mol. The predicted octanol–water partition coefficient (Wildman–Crippen LogP) is 3.98. The van der Waals surface area contributed by atoms with Crippen molar-refractivity contribution in [1.29, 1.82) is 0 Å². The van der Waals surface area contributed by atoms with Crippen LogP contribution in [0.3, 0.4) is 0 Å². The summed E-state index contributed by atoms with van der Waals surface area (Å²) >= 11 is 0. The number of aromatic carboxylic acids is 1. The molecule has 0 unspecified atom stereocenters. The van der Waals surface area contributed by atoms with E-state index in [9.17, 15) is 9.18 Å². The van der Waals surface area contributed by atoms with Crippen LogP contribution in [0.25, 0.3) is 11.1 Å². The Bertz CT molecular complexity index is 606. The highest BCUT2D eigenvalue weighted by Crippen LogP contribution is 2.24. The molecule has 0 saturated carbocycles. The first-order valence-corrected chi connectivity index (χ1v) is 6.37. The summed E-state index contributed by atoms with van der Waals surface area (Å²) in [5.41, 5.74) is 1.21. The van der Waals surface area contributed by atoms with Crippen LogP contribution in [-0.2, 0) is 0 Å². The van der Waals surface area contributed by atoms with Crippen molar-refractivity contribution >= 4 is 5.97 Å². The lowest BCUT2D eigenvalue weighted by Crippen LogP contribution is -1.98. The van der Waals surface area contributed by atoms with Crippen LogP contribution in [0.5, 0.6) is 5.75 Å². The van der Waals surface area contributed by atoms with E-state index in [-0.39, 0.29) is 5.56 Å². The number of halogens is 1. The van der Waals surface area contributed by atoms with E-state index in [0.29, 0.717) is 12.2 Å². The Kier molecular flexibility index (Phi) is 4.35. The first kappa shape index (κ1) is 14.1. The van der Waals surface area contributed by atoms with Crippen LogP contribution in [0.1, 0.15) is 23.7 Å². The third-order valence-electron chi connectivity index (χ3n) is 2.81. The lowest BCUT2D eigenvalue weighted by atomic mass is 10.0. The van der Waals surface area contributed by atoms with E-state index in [0.717, 1.165) is 23.8 Å². The summed E-state index contributed by atoms with van der Waals surface area (Å²) in [5, 5.41) is 8.94. The summed E-state index contributed by atoms with van der Waals surface area (Å²) in [5.74, 6) is -0.967. The molecule has 4 heteroatoms. The minimum Gasteiger partial charge on any atom is -0.494 e. The van der Waals surface area contributed by atoms with Gasteiger partial charge in [-0.25, -0.2) is 9.18 Å². The van der Waals surface area contributed by atoms with Crippen LogP contribution in [0.2, 0.25) is 0 Å². The van der Waals surface area contributed by atoms with Crippen molar-refractivity contribution in [3.8, 4) is 16.9 Å². The zero-order chi connectivity index (χ0) is 14.5. The average molecular weight is 274 g/mol.